The highest BCUT2D eigenvalue weighted by Gasteiger charge is 2.29. The Morgan fingerprint density at radius 3 is 2.67 bits per heavy atom. The number of pyridine rings is 1. The third kappa shape index (κ3) is 6.16. The molecule has 0 spiro atoms. The number of hydrogen-bond donors (Lipinski definition) is 3. The van der Waals surface area contributed by atoms with Gasteiger partial charge in [-0.15, -0.1) is 0 Å². The normalized spacial score (nSPS) is 13.6. The second kappa shape index (κ2) is 12.1. The predicted molar refractivity (Wildman–Crippen MR) is 167 cm³/mol. The second-order valence-electron chi connectivity index (χ2n) is 10.8. The number of benzene rings is 3. The van der Waals surface area contributed by atoms with Crippen molar-refractivity contribution in [2.45, 2.75) is 51.7 Å². The predicted octanol–water partition coefficient (Wildman–Crippen LogP) is 6.26. The van der Waals surface area contributed by atoms with Crippen LogP contribution < -0.4 is 21.1 Å². The van der Waals surface area contributed by atoms with E-state index < -0.39 is 11.9 Å². The van der Waals surface area contributed by atoms with Crippen LogP contribution in [0.2, 0.25) is 0 Å². The lowest BCUT2D eigenvalue weighted by molar-refractivity contribution is -0.121. The maximum Gasteiger partial charge on any atom is 0.240 e. The van der Waals surface area contributed by atoms with Gasteiger partial charge in [0.05, 0.1) is 12.3 Å². The maximum atomic E-state index is 16.3. The molecule has 3 aromatic carbocycles. The van der Waals surface area contributed by atoms with Crippen LogP contribution in [0.1, 0.15) is 49.7 Å². The van der Waals surface area contributed by atoms with Crippen LogP contribution >= 0.6 is 0 Å². The topological polar surface area (TPSA) is 107 Å². The van der Waals surface area contributed by atoms with Gasteiger partial charge in [-0.05, 0) is 67.5 Å². The van der Waals surface area contributed by atoms with Gasteiger partial charge in [0, 0.05) is 40.6 Å². The Kier molecular flexibility index (Phi) is 7.96. The fourth-order valence-corrected chi connectivity index (χ4v) is 5.28. The lowest BCUT2D eigenvalue weighted by Gasteiger charge is -2.24. The second-order valence-corrected chi connectivity index (χ2v) is 10.8. The summed E-state index contributed by atoms with van der Waals surface area (Å²) in [6.45, 7) is 4.24. The average Bonchev–Trinajstić information content (AvgIpc) is 3.74. The number of amides is 1. The van der Waals surface area contributed by atoms with Crippen LogP contribution in [0.5, 0.6) is 5.75 Å². The minimum absolute atomic E-state index is 0.0528. The molecule has 43 heavy (non-hydrogen) atoms. The minimum atomic E-state index is -0.756. The molecule has 1 aliphatic rings. The summed E-state index contributed by atoms with van der Waals surface area (Å²) >= 11 is 0. The third-order valence-corrected chi connectivity index (χ3v) is 7.64. The molecule has 2 aromatic heterocycles. The molecular formula is C34H35FN6O2. The molecule has 1 aliphatic carbocycles. The fraction of sp³-hybridized carbons (Fsp3) is 0.265. The maximum absolute atomic E-state index is 16.3. The first-order valence-corrected chi connectivity index (χ1v) is 14.7. The number of hydrogen-bond acceptors (Lipinski definition) is 6. The molecular weight excluding hydrogens is 543 g/mol. The molecule has 2 heterocycles. The van der Waals surface area contributed by atoms with Crippen molar-refractivity contribution in [2.24, 2.45) is 0 Å². The number of halogens is 1. The van der Waals surface area contributed by atoms with Crippen LogP contribution in [-0.2, 0) is 17.8 Å². The van der Waals surface area contributed by atoms with Gasteiger partial charge in [-0.2, -0.15) is 0 Å². The first kappa shape index (κ1) is 28.2. The van der Waals surface area contributed by atoms with E-state index in [0.717, 1.165) is 40.4 Å². The summed E-state index contributed by atoms with van der Waals surface area (Å²) in [7, 11) is 0. The Bertz CT molecular complexity index is 1770. The smallest absolute Gasteiger partial charge is 0.240 e. The number of aromatic nitrogens is 3. The number of imidazole rings is 1. The molecule has 0 saturated heterocycles. The summed E-state index contributed by atoms with van der Waals surface area (Å²) in [5.41, 5.74) is 9.74. The number of nitrogens with zero attached hydrogens (tertiary/aromatic N) is 3. The molecule has 0 aliphatic heterocycles. The summed E-state index contributed by atoms with van der Waals surface area (Å²) in [5, 5.41) is 8.33. The zero-order chi connectivity index (χ0) is 29.9. The van der Waals surface area contributed by atoms with Gasteiger partial charge < -0.3 is 25.7 Å². The van der Waals surface area contributed by atoms with Crippen molar-refractivity contribution in [3.8, 4) is 17.0 Å². The lowest BCUT2D eigenvalue weighted by atomic mass is 9.99. The van der Waals surface area contributed by atoms with Crippen LogP contribution in [-0.4, -0.2) is 33.1 Å². The molecule has 1 amide bonds. The van der Waals surface area contributed by atoms with Gasteiger partial charge in [0.2, 0.25) is 5.91 Å². The molecule has 1 fully saturated rings. The van der Waals surface area contributed by atoms with E-state index in [1.54, 1.807) is 12.3 Å². The number of aryl methyl sites for hydroxylation is 1. The molecule has 0 bridgehead atoms. The quantitative estimate of drug-likeness (QED) is 0.171. The van der Waals surface area contributed by atoms with Crippen LogP contribution in [0.4, 0.5) is 15.9 Å². The van der Waals surface area contributed by atoms with Crippen molar-refractivity contribution in [1.82, 2.24) is 19.9 Å². The van der Waals surface area contributed by atoms with Crippen LogP contribution in [0.25, 0.3) is 22.0 Å². The number of ether oxygens (including phenoxy) is 1. The van der Waals surface area contributed by atoms with Gasteiger partial charge in [-0.25, -0.2) is 14.4 Å². The number of rotatable bonds is 11. The van der Waals surface area contributed by atoms with E-state index >= 15 is 4.39 Å². The summed E-state index contributed by atoms with van der Waals surface area (Å²) in [4.78, 5) is 22.3. The molecule has 4 N–H and O–H groups in total. The number of nitrogens with two attached hydrogens (primary N) is 1. The molecule has 9 heteroatoms. The Morgan fingerprint density at radius 2 is 1.93 bits per heavy atom. The van der Waals surface area contributed by atoms with E-state index in [2.05, 4.69) is 15.6 Å². The van der Waals surface area contributed by atoms with Gasteiger partial charge in [-0.1, -0.05) is 43.3 Å². The number of fused-ring (bicyclic) bond motifs is 1. The van der Waals surface area contributed by atoms with Crippen molar-refractivity contribution in [2.75, 3.05) is 17.7 Å². The molecule has 1 saturated carbocycles. The number of nitrogen functional groups attached to an aromatic ring is 1. The van der Waals surface area contributed by atoms with Crippen molar-refractivity contribution in [3.05, 3.63) is 102 Å². The summed E-state index contributed by atoms with van der Waals surface area (Å²) in [6, 6.07) is 20.4. The minimum Gasteiger partial charge on any atom is -0.491 e. The molecule has 5 aromatic rings. The monoisotopic (exact) mass is 578 g/mol. The summed E-state index contributed by atoms with van der Waals surface area (Å²) < 4.78 is 23.9. The lowest BCUT2D eigenvalue weighted by Crippen LogP contribution is -2.30. The number of carbonyl (C=O) groups is 1. The van der Waals surface area contributed by atoms with Gasteiger partial charge in [0.15, 0.2) is 11.6 Å². The van der Waals surface area contributed by atoms with Gasteiger partial charge in [0.25, 0.3) is 0 Å². The van der Waals surface area contributed by atoms with Crippen LogP contribution in [0.3, 0.4) is 0 Å². The fourth-order valence-electron chi connectivity index (χ4n) is 5.28. The molecule has 1 atom stereocenters. The van der Waals surface area contributed by atoms with Gasteiger partial charge in [-0.3, -0.25) is 4.79 Å². The Labute approximate surface area is 250 Å². The molecule has 1 unspecified atom stereocenters. The van der Waals surface area contributed by atoms with Crippen LogP contribution in [0.15, 0.2) is 79.1 Å². The summed E-state index contributed by atoms with van der Waals surface area (Å²) in [6.07, 6.45) is 6.19. The summed E-state index contributed by atoms with van der Waals surface area (Å²) in [5.74, 6) is 0.561. The Balaban J connectivity index is 1.51. The van der Waals surface area contributed by atoms with Crippen molar-refractivity contribution < 1.29 is 13.9 Å². The van der Waals surface area contributed by atoms with E-state index in [9.17, 15) is 4.79 Å². The Hall–Kier alpha value is -4.92. The Morgan fingerprint density at radius 1 is 1.12 bits per heavy atom. The highest BCUT2D eigenvalue weighted by Crippen LogP contribution is 2.36. The van der Waals surface area contributed by atoms with E-state index in [1.165, 1.54) is 0 Å². The number of anilines is 2. The average molecular weight is 579 g/mol. The van der Waals surface area contributed by atoms with E-state index in [4.69, 9.17) is 15.5 Å². The molecule has 0 radical (unpaired) electrons. The number of carbonyl (C=O) groups excluding carboxylic acids is 1. The SMILES string of the molecule is CCOc1cc(CC)cc(C(Nc2ccc3c(N)nccc3c2)c2nc(-c3ccccc3)cn2CC(=O)NC2CC2)c1F. The zero-order valence-corrected chi connectivity index (χ0v) is 24.3. The van der Waals surface area contributed by atoms with Crippen molar-refractivity contribution >= 4 is 28.2 Å². The van der Waals surface area contributed by atoms with E-state index in [1.807, 2.05) is 85.3 Å². The molecule has 6 rings (SSSR count). The van der Waals surface area contributed by atoms with Crippen molar-refractivity contribution in [3.63, 3.8) is 0 Å². The number of nitrogens with one attached hydrogen (secondary N) is 2. The standard InChI is InChI=1S/C34H35FN6O2/c1-3-21-16-27(31(35)29(17-21)43-4-2)32(39-25-12-13-26-23(18-25)14-15-37-33(26)36)34-40-28(22-8-6-5-7-9-22)19-41(34)20-30(42)38-24-10-11-24/h5-9,12-19,24,32,39H,3-4,10-11,20H2,1-2H3,(H2,36,37)(H,38,42). The zero-order valence-electron chi connectivity index (χ0n) is 24.3. The highest BCUT2D eigenvalue weighted by molar-refractivity contribution is 5.93. The van der Waals surface area contributed by atoms with E-state index in [-0.39, 0.29) is 24.2 Å². The van der Waals surface area contributed by atoms with Gasteiger partial charge >= 0.3 is 0 Å². The first-order chi connectivity index (χ1) is 20.9. The molecule has 8 nitrogen and oxygen atoms in total. The van der Waals surface area contributed by atoms with Crippen molar-refractivity contribution in [1.29, 1.82) is 0 Å². The first-order valence-electron chi connectivity index (χ1n) is 14.7. The largest absolute Gasteiger partial charge is 0.491 e. The highest BCUT2D eigenvalue weighted by atomic mass is 19.1. The molecule has 220 valence electrons. The van der Waals surface area contributed by atoms with E-state index in [0.29, 0.717) is 35.9 Å². The van der Waals surface area contributed by atoms with Crippen LogP contribution in [0, 0.1) is 5.82 Å². The van der Waals surface area contributed by atoms with Gasteiger partial charge in [0.1, 0.15) is 24.2 Å². The third-order valence-electron chi connectivity index (χ3n) is 7.64.